The molecular formula is C26H20F4N6O3. The summed E-state index contributed by atoms with van der Waals surface area (Å²) < 4.78 is 58.6. The van der Waals surface area contributed by atoms with Crippen molar-refractivity contribution in [2.24, 2.45) is 0 Å². The zero-order valence-electron chi connectivity index (χ0n) is 20.1. The number of pyridine rings is 1. The number of morpholine rings is 1. The predicted molar refractivity (Wildman–Crippen MR) is 133 cm³/mol. The van der Waals surface area contributed by atoms with Crippen molar-refractivity contribution < 1.29 is 31.9 Å². The first-order valence-corrected chi connectivity index (χ1v) is 11.7. The first-order valence-electron chi connectivity index (χ1n) is 11.7. The van der Waals surface area contributed by atoms with Gasteiger partial charge in [0.15, 0.2) is 5.78 Å². The van der Waals surface area contributed by atoms with Gasteiger partial charge in [-0.15, -0.1) is 0 Å². The summed E-state index contributed by atoms with van der Waals surface area (Å²) in [6.45, 7) is 1.78. The van der Waals surface area contributed by atoms with Gasteiger partial charge in [0.05, 0.1) is 47.7 Å². The van der Waals surface area contributed by atoms with Gasteiger partial charge in [-0.2, -0.15) is 13.2 Å². The van der Waals surface area contributed by atoms with E-state index >= 15 is 0 Å². The third-order valence-electron chi connectivity index (χ3n) is 5.88. The largest absolute Gasteiger partial charge is 0.433 e. The van der Waals surface area contributed by atoms with Crippen molar-refractivity contribution in [3.63, 3.8) is 0 Å². The molecule has 3 N–H and O–H groups in total. The Bertz CT molecular complexity index is 1560. The van der Waals surface area contributed by atoms with Gasteiger partial charge in [0.1, 0.15) is 11.5 Å². The topological polar surface area (TPSA) is 118 Å². The van der Waals surface area contributed by atoms with Crippen LogP contribution >= 0.6 is 0 Å². The Balaban J connectivity index is 1.32. The van der Waals surface area contributed by atoms with E-state index in [4.69, 9.17) is 4.74 Å². The molecule has 4 aromatic rings. The summed E-state index contributed by atoms with van der Waals surface area (Å²) in [5, 5.41) is 7.92. The van der Waals surface area contributed by atoms with E-state index in [1.807, 2.05) is 0 Å². The van der Waals surface area contributed by atoms with Gasteiger partial charge in [-0.3, -0.25) is 14.8 Å². The van der Waals surface area contributed by atoms with Crippen molar-refractivity contribution >= 4 is 34.2 Å². The maximum atomic E-state index is 14.6. The lowest BCUT2D eigenvalue weighted by Gasteiger charge is -2.23. The number of fused-ring (bicyclic) bond motifs is 1. The standard InChI is InChI=1S/C26H20F4N6O3/c27-18-3-2-15(34-25(38)35-16-5-6-32-23(11-16)26(28,29)30)10-17(18)24(37)14-1-4-19-20(9-14)33-12-21(36-19)22-13-39-8-7-31-22/h1-6,9-12,22,31H,7-8,13H2,(H2,32,34,35,38). The number of amides is 2. The van der Waals surface area contributed by atoms with Gasteiger partial charge >= 0.3 is 12.2 Å². The number of benzene rings is 2. The van der Waals surface area contributed by atoms with Crippen LogP contribution in [-0.2, 0) is 10.9 Å². The number of rotatable bonds is 5. The maximum Gasteiger partial charge on any atom is 0.433 e. The number of aromatic nitrogens is 3. The van der Waals surface area contributed by atoms with Crippen LogP contribution in [0.2, 0.25) is 0 Å². The average Bonchev–Trinajstić information content (AvgIpc) is 2.93. The third kappa shape index (κ3) is 5.99. The number of hydrogen-bond acceptors (Lipinski definition) is 7. The Morgan fingerprint density at radius 2 is 1.77 bits per heavy atom. The van der Waals surface area contributed by atoms with E-state index in [-0.39, 0.29) is 28.5 Å². The summed E-state index contributed by atoms with van der Waals surface area (Å²) in [4.78, 5) is 37.7. The van der Waals surface area contributed by atoms with E-state index in [9.17, 15) is 27.2 Å². The minimum atomic E-state index is -4.68. The molecule has 3 heterocycles. The van der Waals surface area contributed by atoms with Crippen LogP contribution < -0.4 is 16.0 Å². The lowest BCUT2D eigenvalue weighted by molar-refractivity contribution is -0.141. The van der Waals surface area contributed by atoms with E-state index in [0.29, 0.717) is 42.6 Å². The molecule has 2 amide bonds. The van der Waals surface area contributed by atoms with Gasteiger partial charge in [-0.05, 0) is 48.5 Å². The highest BCUT2D eigenvalue weighted by Gasteiger charge is 2.32. The highest BCUT2D eigenvalue weighted by atomic mass is 19.4. The Morgan fingerprint density at radius 1 is 0.974 bits per heavy atom. The van der Waals surface area contributed by atoms with Gasteiger partial charge in [0.2, 0.25) is 0 Å². The van der Waals surface area contributed by atoms with Crippen molar-refractivity contribution in [1.82, 2.24) is 20.3 Å². The first kappa shape index (κ1) is 26.1. The van der Waals surface area contributed by atoms with Crippen LogP contribution in [0.15, 0.2) is 60.9 Å². The predicted octanol–water partition coefficient (Wildman–Crippen LogP) is 4.72. The summed E-state index contributed by atoms with van der Waals surface area (Å²) >= 11 is 0. The Morgan fingerprint density at radius 3 is 2.51 bits per heavy atom. The molecule has 5 rings (SSSR count). The smallest absolute Gasteiger partial charge is 0.378 e. The van der Waals surface area contributed by atoms with Crippen molar-refractivity contribution in [2.45, 2.75) is 12.2 Å². The minimum Gasteiger partial charge on any atom is -0.378 e. The number of alkyl halides is 3. The molecule has 0 radical (unpaired) electrons. The number of nitrogens with zero attached hydrogens (tertiary/aromatic N) is 3. The molecule has 1 fully saturated rings. The number of halogens is 4. The first-order chi connectivity index (χ1) is 18.7. The fourth-order valence-electron chi connectivity index (χ4n) is 3.98. The quantitative estimate of drug-likeness (QED) is 0.248. The van der Waals surface area contributed by atoms with Gasteiger partial charge in [-0.25, -0.2) is 14.2 Å². The molecule has 1 aliphatic rings. The van der Waals surface area contributed by atoms with Gasteiger partial charge in [-0.1, -0.05) is 0 Å². The number of hydrogen-bond donors (Lipinski definition) is 3. The molecule has 1 aliphatic heterocycles. The Labute approximate surface area is 218 Å². The Kier molecular flexibility index (Phi) is 7.17. The number of ether oxygens (including phenoxy) is 1. The Hall–Kier alpha value is -4.49. The van der Waals surface area contributed by atoms with Crippen LogP contribution in [0.5, 0.6) is 0 Å². The third-order valence-corrected chi connectivity index (χ3v) is 5.88. The average molecular weight is 540 g/mol. The molecule has 0 aliphatic carbocycles. The van der Waals surface area contributed by atoms with Gasteiger partial charge in [0, 0.05) is 29.7 Å². The van der Waals surface area contributed by atoms with Crippen LogP contribution in [0, 0.1) is 5.82 Å². The number of nitrogens with one attached hydrogen (secondary N) is 3. The summed E-state index contributed by atoms with van der Waals surface area (Å²) in [5.74, 6) is -1.48. The zero-order chi connectivity index (χ0) is 27.6. The van der Waals surface area contributed by atoms with Crippen LogP contribution in [0.3, 0.4) is 0 Å². The van der Waals surface area contributed by atoms with Crippen LogP contribution in [-0.4, -0.2) is 46.5 Å². The lowest BCUT2D eigenvalue weighted by Crippen LogP contribution is -2.35. The number of carbonyl (C=O) groups is 2. The summed E-state index contributed by atoms with van der Waals surface area (Å²) in [7, 11) is 0. The molecule has 2 aromatic heterocycles. The molecule has 9 nitrogen and oxygen atoms in total. The second-order valence-electron chi connectivity index (χ2n) is 8.61. The van der Waals surface area contributed by atoms with Crippen molar-refractivity contribution in [3.8, 4) is 0 Å². The molecule has 2 aromatic carbocycles. The molecule has 1 saturated heterocycles. The van der Waals surface area contributed by atoms with Gasteiger partial charge in [0.25, 0.3) is 0 Å². The highest BCUT2D eigenvalue weighted by Crippen LogP contribution is 2.29. The fraction of sp³-hybridized carbons (Fsp3) is 0.192. The number of urea groups is 1. The van der Waals surface area contributed by atoms with Crippen molar-refractivity contribution in [2.75, 3.05) is 30.4 Å². The molecule has 0 saturated carbocycles. The maximum absolute atomic E-state index is 14.6. The molecule has 1 unspecified atom stereocenters. The zero-order valence-corrected chi connectivity index (χ0v) is 20.1. The molecule has 13 heteroatoms. The second-order valence-corrected chi connectivity index (χ2v) is 8.61. The highest BCUT2D eigenvalue weighted by molar-refractivity contribution is 6.11. The fourth-order valence-corrected chi connectivity index (χ4v) is 3.98. The van der Waals surface area contributed by atoms with Crippen LogP contribution in [0.25, 0.3) is 11.0 Å². The van der Waals surface area contributed by atoms with Gasteiger partial charge < -0.3 is 20.7 Å². The second kappa shape index (κ2) is 10.7. The van der Waals surface area contributed by atoms with E-state index in [0.717, 1.165) is 18.3 Å². The number of anilines is 2. The van der Waals surface area contributed by atoms with Crippen molar-refractivity contribution in [1.29, 1.82) is 0 Å². The lowest BCUT2D eigenvalue weighted by atomic mass is 10.0. The van der Waals surface area contributed by atoms with Crippen LogP contribution in [0.4, 0.5) is 33.7 Å². The molecule has 0 spiro atoms. The van der Waals surface area contributed by atoms with E-state index < -0.39 is 29.5 Å². The molecule has 1 atom stereocenters. The number of ketones is 1. The van der Waals surface area contributed by atoms with Crippen molar-refractivity contribution in [3.05, 3.63) is 89.3 Å². The summed E-state index contributed by atoms with van der Waals surface area (Å²) in [6, 6.07) is 8.83. The van der Waals surface area contributed by atoms with E-state index in [1.54, 1.807) is 12.3 Å². The summed E-state index contributed by atoms with van der Waals surface area (Å²) in [6.07, 6.45) is -2.19. The van der Waals surface area contributed by atoms with E-state index in [1.165, 1.54) is 24.3 Å². The summed E-state index contributed by atoms with van der Waals surface area (Å²) in [5.41, 5.74) is 0.246. The molecule has 200 valence electrons. The molecular weight excluding hydrogens is 520 g/mol. The normalized spacial score (nSPS) is 15.6. The number of carbonyl (C=O) groups excluding carboxylic acids is 2. The molecule has 0 bridgehead atoms. The SMILES string of the molecule is O=C(Nc1ccnc(C(F)(F)F)c1)Nc1ccc(F)c(C(=O)c2ccc3nc(C4COCCN4)cnc3c2)c1. The van der Waals surface area contributed by atoms with Crippen LogP contribution in [0.1, 0.15) is 33.4 Å². The molecule has 39 heavy (non-hydrogen) atoms. The van der Waals surface area contributed by atoms with E-state index in [2.05, 4.69) is 30.9 Å². The monoisotopic (exact) mass is 540 g/mol. The minimum absolute atomic E-state index is 0.0507.